The van der Waals surface area contributed by atoms with E-state index in [1.165, 1.54) is 10.9 Å². The Labute approximate surface area is 290 Å². The number of ether oxygens (including phenoxy) is 1. The van der Waals surface area contributed by atoms with Gasteiger partial charge in [-0.15, -0.1) is 0 Å². The van der Waals surface area contributed by atoms with Gasteiger partial charge in [-0.05, 0) is 77.7 Å². The minimum atomic E-state index is -0.00730. The van der Waals surface area contributed by atoms with Crippen LogP contribution in [-0.2, 0) is 5.41 Å². The first-order valence-corrected chi connectivity index (χ1v) is 17.1. The van der Waals surface area contributed by atoms with Crippen LogP contribution in [0.4, 0.5) is 0 Å². The molecule has 0 saturated carbocycles. The monoisotopic (exact) mass is 662 g/mol. The molecular weight excluding hydrogens is 633 g/mol. The maximum Gasteiger partial charge on any atom is 0.225 e. The topological polar surface area (TPSA) is 78.9 Å². The van der Waals surface area contributed by atoms with E-state index < -0.39 is 0 Å². The smallest absolute Gasteiger partial charge is 0.225 e. The molecule has 0 saturated heterocycles. The van der Waals surface area contributed by atoms with E-state index in [4.69, 9.17) is 24.7 Å². The number of fused-ring (bicyclic) bond motifs is 15. The third-order valence-corrected chi connectivity index (χ3v) is 10.0. The first-order chi connectivity index (χ1) is 24.9. The zero-order chi connectivity index (χ0) is 34.0. The minimum Gasteiger partial charge on any atom is -0.457 e. The van der Waals surface area contributed by atoms with Crippen molar-refractivity contribution in [2.75, 3.05) is 0 Å². The van der Waals surface area contributed by atoms with Crippen molar-refractivity contribution in [2.45, 2.75) is 26.2 Å². The predicted molar refractivity (Wildman–Crippen MR) is 203 cm³/mol. The van der Waals surface area contributed by atoms with Crippen LogP contribution in [0.1, 0.15) is 26.3 Å². The van der Waals surface area contributed by atoms with Gasteiger partial charge in [0.1, 0.15) is 17.3 Å². The molecule has 0 aliphatic rings. The van der Waals surface area contributed by atoms with Crippen LogP contribution in [0.2, 0.25) is 0 Å². The van der Waals surface area contributed by atoms with Gasteiger partial charge >= 0.3 is 0 Å². The average Bonchev–Trinajstić information content (AvgIpc) is 3.89. The SMILES string of the molecule is CC(C)(C)c1ccnc(-n2c3ccccc3c3ccc(Oc4ccc5nc6n7c8ccccc8nc7n7c8ccccc8nc7n6c5c4)cc32)c1. The summed E-state index contributed by atoms with van der Waals surface area (Å²) in [7, 11) is 0. The quantitative estimate of drug-likeness (QED) is 0.188. The molecule has 0 fully saturated rings. The van der Waals surface area contributed by atoms with Crippen molar-refractivity contribution < 1.29 is 4.74 Å². The van der Waals surface area contributed by atoms with Gasteiger partial charge in [0.15, 0.2) is 0 Å². The van der Waals surface area contributed by atoms with Crippen LogP contribution >= 0.6 is 0 Å². The minimum absolute atomic E-state index is 0.00730. The number of hydrogen-bond donors (Lipinski definition) is 0. The highest BCUT2D eigenvalue weighted by atomic mass is 16.5. The first-order valence-electron chi connectivity index (χ1n) is 17.1. The summed E-state index contributed by atoms with van der Waals surface area (Å²) in [4.78, 5) is 20.1. The molecular formula is C42H30N8O. The summed E-state index contributed by atoms with van der Waals surface area (Å²) in [5.74, 6) is 4.56. The van der Waals surface area contributed by atoms with Crippen molar-refractivity contribution in [3.63, 3.8) is 0 Å². The maximum atomic E-state index is 6.67. The molecule has 11 aromatic rings. The summed E-state index contributed by atoms with van der Waals surface area (Å²) in [6.45, 7) is 6.68. The Bertz CT molecular complexity index is 3190. The molecule has 0 radical (unpaired) electrons. The van der Waals surface area contributed by atoms with Crippen molar-refractivity contribution >= 4 is 72.2 Å². The third kappa shape index (κ3) is 3.97. The Morgan fingerprint density at radius 2 is 1.02 bits per heavy atom. The number of pyridine rings is 1. The summed E-state index contributed by atoms with van der Waals surface area (Å²) in [6, 6.07) is 41.4. The van der Waals surface area contributed by atoms with Gasteiger partial charge in [-0.2, -0.15) is 0 Å². The van der Waals surface area contributed by atoms with Crippen LogP contribution in [0.3, 0.4) is 0 Å². The molecule has 6 aromatic heterocycles. The van der Waals surface area contributed by atoms with Crippen LogP contribution in [-0.4, -0.2) is 37.7 Å². The molecule has 9 nitrogen and oxygen atoms in total. The standard InChI is InChI=1S/C42H30N8O/c1-42(2,3)25-20-21-43-38(22-25)47-33-13-7-4-10-28(33)29-18-16-26(23-36(29)47)51-27-17-19-32-37(24-27)50-40-45-31-12-6-9-15-35(31)48(40)39-44-30-11-5-8-14-34(30)49(39)41(50)46-32/h4-24H,1-3H3. The van der Waals surface area contributed by atoms with Gasteiger partial charge in [-0.1, -0.05) is 63.2 Å². The highest BCUT2D eigenvalue weighted by Gasteiger charge is 2.22. The fourth-order valence-corrected chi connectivity index (χ4v) is 7.58. The lowest BCUT2D eigenvalue weighted by molar-refractivity contribution is 0.484. The summed E-state index contributed by atoms with van der Waals surface area (Å²) in [5.41, 5.74) is 8.83. The Kier molecular flexibility index (Phi) is 5.47. The fraction of sp³-hybridized carbons (Fsp3) is 0.0952. The molecule has 0 aliphatic carbocycles. The van der Waals surface area contributed by atoms with Crippen LogP contribution in [0.5, 0.6) is 11.5 Å². The fourth-order valence-electron chi connectivity index (χ4n) is 7.58. The van der Waals surface area contributed by atoms with Crippen LogP contribution in [0.25, 0.3) is 78.1 Å². The predicted octanol–water partition coefficient (Wildman–Crippen LogP) is 9.67. The van der Waals surface area contributed by atoms with E-state index in [1.807, 2.05) is 66.9 Å². The van der Waals surface area contributed by atoms with E-state index in [-0.39, 0.29) is 5.41 Å². The van der Waals surface area contributed by atoms with Crippen molar-refractivity contribution in [1.29, 1.82) is 0 Å². The van der Waals surface area contributed by atoms with Crippen molar-refractivity contribution in [2.24, 2.45) is 0 Å². The zero-order valence-electron chi connectivity index (χ0n) is 28.1. The van der Waals surface area contributed by atoms with Gasteiger partial charge in [-0.25, -0.2) is 33.1 Å². The largest absolute Gasteiger partial charge is 0.457 e. The lowest BCUT2D eigenvalue weighted by Gasteiger charge is -2.20. The van der Waals surface area contributed by atoms with Gasteiger partial charge in [0.05, 0.1) is 44.1 Å². The number of nitrogens with zero attached hydrogens (tertiary/aromatic N) is 8. The highest BCUT2D eigenvalue weighted by Crippen LogP contribution is 2.37. The molecule has 6 heterocycles. The highest BCUT2D eigenvalue weighted by molar-refractivity contribution is 6.09. The molecule has 9 heteroatoms. The Hall–Kier alpha value is -6.74. The average molecular weight is 663 g/mol. The molecule has 51 heavy (non-hydrogen) atoms. The zero-order valence-corrected chi connectivity index (χ0v) is 28.1. The Balaban J connectivity index is 1.12. The van der Waals surface area contributed by atoms with Crippen molar-refractivity contribution in [1.82, 2.24) is 37.7 Å². The number of hydrogen-bond acceptors (Lipinski definition) is 5. The molecule has 0 amide bonds. The molecule has 5 aromatic carbocycles. The molecule has 0 aliphatic heterocycles. The Morgan fingerprint density at radius 3 is 1.69 bits per heavy atom. The van der Waals surface area contributed by atoms with E-state index in [1.54, 1.807) is 0 Å². The number of aromatic nitrogens is 8. The van der Waals surface area contributed by atoms with E-state index in [0.717, 1.165) is 78.4 Å². The van der Waals surface area contributed by atoms with Crippen molar-refractivity contribution in [3.8, 4) is 17.3 Å². The number of benzene rings is 5. The summed E-state index contributed by atoms with van der Waals surface area (Å²) in [5, 5.41) is 2.31. The van der Waals surface area contributed by atoms with Gasteiger partial charge in [0.2, 0.25) is 17.3 Å². The molecule has 0 atom stereocenters. The lowest BCUT2D eigenvalue weighted by atomic mass is 9.88. The van der Waals surface area contributed by atoms with Gasteiger partial charge < -0.3 is 4.74 Å². The maximum absolute atomic E-state index is 6.67. The molecule has 244 valence electrons. The van der Waals surface area contributed by atoms with Crippen LogP contribution in [0.15, 0.2) is 128 Å². The van der Waals surface area contributed by atoms with Gasteiger partial charge in [-0.3, -0.25) is 4.57 Å². The van der Waals surface area contributed by atoms with Gasteiger partial charge in [0, 0.05) is 29.1 Å². The number of para-hydroxylation sites is 5. The van der Waals surface area contributed by atoms with Gasteiger partial charge in [0.25, 0.3) is 0 Å². The molecule has 0 N–H and O–H groups in total. The van der Waals surface area contributed by atoms with E-state index in [2.05, 4.69) is 99.2 Å². The molecule has 0 unspecified atom stereocenters. The van der Waals surface area contributed by atoms with Crippen LogP contribution in [0, 0.1) is 0 Å². The van der Waals surface area contributed by atoms with Crippen LogP contribution < -0.4 is 4.74 Å². The summed E-state index contributed by atoms with van der Waals surface area (Å²) in [6.07, 6.45) is 1.90. The normalized spacial score (nSPS) is 12.6. The second kappa shape index (κ2) is 9.92. The van der Waals surface area contributed by atoms with Crippen molar-refractivity contribution in [3.05, 3.63) is 133 Å². The second-order valence-electron chi connectivity index (χ2n) is 14.2. The molecule has 0 spiro atoms. The number of imidazole rings is 3. The third-order valence-electron chi connectivity index (χ3n) is 10.0. The second-order valence-corrected chi connectivity index (χ2v) is 14.2. The summed E-state index contributed by atoms with van der Waals surface area (Å²) < 4.78 is 15.3. The van der Waals surface area contributed by atoms with E-state index >= 15 is 0 Å². The molecule has 11 rings (SSSR count). The molecule has 0 bridgehead atoms. The Morgan fingerprint density at radius 1 is 0.490 bits per heavy atom. The number of rotatable bonds is 3. The first kappa shape index (κ1) is 28.1. The summed E-state index contributed by atoms with van der Waals surface area (Å²) >= 11 is 0. The lowest BCUT2D eigenvalue weighted by Crippen LogP contribution is -2.12. The van der Waals surface area contributed by atoms with E-state index in [9.17, 15) is 0 Å². The van der Waals surface area contributed by atoms with E-state index in [0.29, 0.717) is 5.75 Å².